The van der Waals surface area contributed by atoms with Gasteiger partial charge >= 0.3 is 0 Å². The lowest BCUT2D eigenvalue weighted by Gasteiger charge is -2.10. The number of para-hydroxylation sites is 4. The lowest BCUT2D eigenvalue weighted by atomic mass is 10.1. The number of hydrogen-bond acceptors (Lipinski definition) is 4. The van der Waals surface area contributed by atoms with Gasteiger partial charge in [0.15, 0.2) is 0 Å². The Balaban J connectivity index is 1.86. The fraction of sp³-hybridized carbons (Fsp3) is 0.0435. The molecule has 5 nitrogen and oxygen atoms in total. The van der Waals surface area contributed by atoms with Gasteiger partial charge in [-0.1, -0.05) is 42.5 Å². The molecule has 0 bridgehead atoms. The normalized spacial score (nSPS) is 11.4. The van der Waals surface area contributed by atoms with Crippen LogP contribution in [-0.2, 0) is 0 Å². The SMILES string of the molecule is COc1ccccc1NC(=O)c1cc2ccccc2oc1=Nc1ccccc1F. The van der Waals surface area contributed by atoms with E-state index in [1.54, 1.807) is 48.5 Å². The Bertz CT molecular complexity index is 1260. The number of carbonyl (C=O) groups excluding carboxylic acids is 1. The molecule has 0 spiro atoms. The van der Waals surface area contributed by atoms with Gasteiger partial charge in [-0.25, -0.2) is 9.38 Å². The highest BCUT2D eigenvalue weighted by Gasteiger charge is 2.15. The molecule has 0 aliphatic heterocycles. The second kappa shape index (κ2) is 7.98. The largest absolute Gasteiger partial charge is 0.495 e. The van der Waals surface area contributed by atoms with Crippen LogP contribution in [0.3, 0.4) is 0 Å². The Kier molecular flexibility index (Phi) is 5.07. The number of methoxy groups -OCH3 is 1. The number of rotatable bonds is 4. The Labute approximate surface area is 166 Å². The zero-order valence-corrected chi connectivity index (χ0v) is 15.6. The summed E-state index contributed by atoms with van der Waals surface area (Å²) in [6, 6.07) is 22.0. The monoisotopic (exact) mass is 388 g/mol. The summed E-state index contributed by atoms with van der Waals surface area (Å²) in [6.45, 7) is 0. The smallest absolute Gasteiger partial charge is 0.261 e. The molecule has 0 radical (unpaired) electrons. The molecular formula is C23H17FN2O3. The summed E-state index contributed by atoms with van der Waals surface area (Å²) in [5.41, 5.74) is 1.32. The summed E-state index contributed by atoms with van der Waals surface area (Å²) < 4.78 is 25.2. The van der Waals surface area contributed by atoms with Crippen molar-refractivity contribution in [1.82, 2.24) is 0 Å². The maximum absolute atomic E-state index is 14.1. The third kappa shape index (κ3) is 3.87. The third-order valence-electron chi connectivity index (χ3n) is 4.33. The van der Waals surface area contributed by atoms with E-state index < -0.39 is 11.7 Å². The average Bonchev–Trinajstić information content (AvgIpc) is 2.75. The van der Waals surface area contributed by atoms with Crippen LogP contribution >= 0.6 is 0 Å². The van der Waals surface area contributed by atoms with Crippen LogP contribution in [0.25, 0.3) is 11.0 Å². The first-order valence-electron chi connectivity index (χ1n) is 8.92. The highest BCUT2D eigenvalue weighted by Crippen LogP contribution is 2.24. The molecule has 0 saturated carbocycles. The lowest BCUT2D eigenvalue weighted by Crippen LogP contribution is -2.22. The number of ether oxygens (including phenoxy) is 1. The van der Waals surface area contributed by atoms with E-state index >= 15 is 0 Å². The van der Waals surface area contributed by atoms with Gasteiger partial charge in [-0.05, 0) is 36.4 Å². The van der Waals surface area contributed by atoms with Crippen LogP contribution in [0, 0.1) is 5.82 Å². The molecule has 1 heterocycles. The van der Waals surface area contributed by atoms with Crippen LogP contribution in [-0.4, -0.2) is 13.0 Å². The van der Waals surface area contributed by atoms with Gasteiger partial charge < -0.3 is 14.5 Å². The first-order chi connectivity index (χ1) is 14.2. The first kappa shape index (κ1) is 18.4. The molecule has 1 amide bonds. The van der Waals surface area contributed by atoms with Crippen LogP contribution in [0.4, 0.5) is 15.8 Å². The third-order valence-corrected chi connectivity index (χ3v) is 4.33. The van der Waals surface area contributed by atoms with Crippen LogP contribution in [0.1, 0.15) is 10.4 Å². The summed E-state index contributed by atoms with van der Waals surface area (Å²) in [7, 11) is 1.52. The van der Waals surface area contributed by atoms with E-state index in [0.717, 1.165) is 5.39 Å². The van der Waals surface area contributed by atoms with Gasteiger partial charge in [-0.3, -0.25) is 4.79 Å². The van der Waals surface area contributed by atoms with E-state index in [4.69, 9.17) is 9.15 Å². The summed E-state index contributed by atoms with van der Waals surface area (Å²) in [5, 5.41) is 3.53. The standard InChI is InChI=1S/C23H17FN2O3/c1-28-21-13-7-5-11-19(21)25-22(27)16-14-15-8-2-6-12-20(15)29-23(16)26-18-10-4-3-9-17(18)24/h2-14H,1H3,(H,25,27). The quantitative estimate of drug-likeness (QED) is 0.531. The van der Waals surface area contributed by atoms with Crippen molar-refractivity contribution < 1.29 is 18.3 Å². The Morgan fingerprint density at radius 2 is 1.72 bits per heavy atom. The molecule has 0 atom stereocenters. The summed E-state index contributed by atoms with van der Waals surface area (Å²) >= 11 is 0. The van der Waals surface area contributed by atoms with Crippen LogP contribution in [0.2, 0.25) is 0 Å². The Morgan fingerprint density at radius 3 is 2.55 bits per heavy atom. The van der Waals surface area contributed by atoms with Gasteiger partial charge in [-0.15, -0.1) is 0 Å². The minimum atomic E-state index is -0.507. The molecule has 0 aliphatic carbocycles. The second-order valence-electron chi connectivity index (χ2n) is 6.22. The first-order valence-corrected chi connectivity index (χ1v) is 8.92. The van der Waals surface area contributed by atoms with Crippen molar-refractivity contribution in [2.75, 3.05) is 12.4 Å². The summed E-state index contributed by atoms with van der Waals surface area (Å²) in [6.07, 6.45) is 0. The molecule has 0 unspecified atom stereocenters. The highest BCUT2D eigenvalue weighted by atomic mass is 19.1. The van der Waals surface area contributed by atoms with Gasteiger partial charge in [0, 0.05) is 5.39 Å². The van der Waals surface area contributed by atoms with Gasteiger partial charge in [0.05, 0.1) is 12.8 Å². The van der Waals surface area contributed by atoms with Crippen LogP contribution < -0.4 is 15.6 Å². The molecule has 0 aliphatic rings. The van der Waals surface area contributed by atoms with E-state index in [0.29, 0.717) is 17.0 Å². The van der Waals surface area contributed by atoms with Crippen molar-refractivity contribution in [3.63, 3.8) is 0 Å². The zero-order valence-electron chi connectivity index (χ0n) is 15.6. The number of nitrogens with one attached hydrogen (secondary N) is 1. The number of carbonyl (C=O) groups is 1. The summed E-state index contributed by atoms with van der Waals surface area (Å²) in [5.74, 6) is -0.433. The zero-order chi connectivity index (χ0) is 20.2. The van der Waals surface area contributed by atoms with Gasteiger partial charge in [-0.2, -0.15) is 0 Å². The van der Waals surface area contributed by atoms with Crippen molar-refractivity contribution in [1.29, 1.82) is 0 Å². The van der Waals surface area contributed by atoms with Crippen LogP contribution in [0.5, 0.6) is 5.75 Å². The fourth-order valence-corrected chi connectivity index (χ4v) is 2.90. The molecule has 0 fully saturated rings. The molecule has 4 rings (SSSR count). The number of benzene rings is 3. The van der Waals surface area contributed by atoms with Crippen molar-refractivity contribution in [2.24, 2.45) is 4.99 Å². The molecule has 144 valence electrons. The van der Waals surface area contributed by atoms with E-state index in [-0.39, 0.29) is 16.8 Å². The summed E-state index contributed by atoms with van der Waals surface area (Å²) in [4.78, 5) is 17.3. The molecular weight excluding hydrogens is 371 g/mol. The molecule has 1 N–H and O–H groups in total. The lowest BCUT2D eigenvalue weighted by molar-refractivity contribution is 0.102. The highest BCUT2D eigenvalue weighted by molar-refractivity contribution is 6.06. The van der Waals surface area contributed by atoms with E-state index in [2.05, 4.69) is 10.3 Å². The topological polar surface area (TPSA) is 63.8 Å². The second-order valence-corrected chi connectivity index (χ2v) is 6.22. The number of anilines is 1. The number of amides is 1. The van der Waals surface area contributed by atoms with Crippen LogP contribution in [0.15, 0.2) is 88.3 Å². The van der Waals surface area contributed by atoms with Crippen molar-refractivity contribution in [3.8, 4) is 5.75 Å². The number of halogens is 1. The van der Waals surface area contributed by atoms with Crippen molar-refractivity contribution in [3.05, 3.63) is 95.8 Å². The fourth-order valence-electron chi connectivity index (χ4n) is 2.90. The number of fused-ring (bicyclic) bond motifs is 1. The average molecular weight is 388 g/mol. The Morgan fingerprint density at radius 1 is 1.00 bits per heavy atom. The van der Waals surface area contributed by atoms with E-state index in [1.807, 2.05) is 18.2 Å². The molecule has 1 aromatic heterocycles. The minimum Gasteiger partial charge on any atom is -0.495 e. The predicted molar refractivity (Wildman–Crippen MR) is 109 cm³/mol. The molecule has 0 saturated heterocycles. The minimum absolute atomic E-state index is 0.0150. The predicted octanol–water partition coefficient (Wildman–Crippen LogP) is 5.07. The molecule has 3 aromatic carbocycles. The number of hydrogen-bond donors (Lipinski definition) is 1. The van der Waals surface area contributed by atoms with E-state index in [9.17, 15) is 9.18 Å². The molecule has 29 heavy (non-hydrogen) atoms. The van der Waals surface area contributed by atoms with Crippen molar-refractivity contribution in [2.45, 2.75) is 0 Å². The molecule has 6 heteroatoms. The maximum atomic E-state index is 14.1. The Hall–Kier alpha value is -3.93. The molecule has 4 aromatic rings. The van der Waals surface area contributed by atoms with Gasteiger partial charge in [0.1, 0.15) is 28.4 Å². The van der Waals surface area contributed by atoms with Crippen molar-refractivity contribution >= 4 is 28.3 Å². The number of nitrogens with zero attached hydrogens (tertiary/aromatic N) is 1. The van der Waals surface area contributed by atoms with Gasteiger partial charge in [0.2, 0.25) is 5.55 Å². The van der Waals surface area contributed by atoms with E-state index in [1.165, 1.54) is 19.2 Å². The van der Waals surface area contributed by atoms with Gasteiger partial charge in [0.25, 0.3) is 5.91 Å². The maximum Gasteiger partial charge on any atom is 0.261 e.